The Morgan fingerprint density at radius 1 is 1.03 bits per heavy atom. The highest BCUT2D eigenvalue weighted by molar-refractivity contribution is 5.90. The minimum Gasteiger partial charge on any atom is -0.362 e. The smallest absolute Gasteiger partial charge is 0.225 e. The molecule has 1 aliphatic rings. The van der Waals surface area contributed by atoms with Crippen molar-refractivity contribution >= 4 is 22.7 Å². The van der Waals surface area contributed by atoms with Crippen LogP contribution >= 0.6 is 0 Å². The molecule has 0 spiro atoms. The Kier molecular flexibility index (Phi) is 6.38. The molecule has 0 atom stereocenters. The van der Waals surface area contributed by atoms with E-state index in [0.29, 0.717) is 12.1 Å². The van der Waals surface area contributed by atoms with Gasteiger partial charge in [0, 0.05) is 50.6 Å². The molecule has 32 heavy (non-hydrogen) atoms. The van der Waals surface area contributed by atoms with Gasteiger partial charge in [-0.3, -0.25) is 4.68 Å². The van der Waals surface area contributed by atoms with Crippen LogP contribution in [0.4, 0.5) is 11.8 Å². The molecule has 4 rings (SSSR count). The summed E-state index contributed by atoms with van der Waals surface area (Å²) in [6.45, 7) is 7.49. The number of anilines is 2. The highest BCUT2D eigenvalue weighted by atomic mass is 15.3. The molecule has 2 heterocycles. The number of aromatic nitrogens is 4. The molecule has 172 valence electrons. The molecule has 0 unspecified atom stereocenters. The monoisotopic (exact) mass is 435 g/mol. The van der Waals surface area contributed by atoms with E-state index in [9.17, 15) is 0 Å². The Morgan fingerprint density at radius 2 is 1.72 bits per heavy atom. The fourth-order valence-corrected chi connectivity index (χ4v) is 4.38. The third-order valence-corrected chi connectivity index (χ3v) is 6.38. The summed E-state index contributed by atoms with van der Waals surface area (Å²) in [5.74, 6) is 1.69. The SMILES string of the molecule is CN(C)c1nc(N[C@H]2CC[C@@H](NCc3cc(C(C)(C)C)nn3C)CC2)nc2ccccc12. The highest BCUT2D eigenvalue weighted by Gasteiger charge is 2.23. The number of benzene rings is 1. The van der Waals surface area contributed by atoms with Gasteiger partial charge in [0.15, 0.2) is 0 Å². The Balaban J connectivity index is 1.33. The van der Waals surface area contributed by atoms with E-state index in [1.807, 2.05) is 38.0 Å². The Labute approximate surface area is 191 Å². The van der Waals surface area contributed by atoms with Crippen LogP contribution < -0.4 is 15.5 Å². The number of hydrogen-bond acceptors (Lipinski definition) is 6. The van der Waals surface area contributed by atoms with Gasteiger partial charge < -0.3 is 15.5 Å². The van der Waals surface area contributed by atoms with Gasteiger partial charge in [-0.1, -0.05) is 32.9 Å². The van der Waals surface area contributed by atoms with Crippen molar-refractivity contribution in [3.05, 3.63) is 41.7 Å². The number of hydrogen-bond donors (Lipinski definition) is 2. The van der Waals surface area contributed by atoms with E-state index in [4.69, 9.17) is 15.1 Å². The Bertz CT molecular complexity index is 1060. The molecule has 1 saturated carbocycles. The van der Waals surface area contributed by atoms with Crippen LogP contribution in [0.1, 0.15) is 57.8 Å². The van der Waals surface area contributed by atoms with Crippen molar-refractivity contribution < 1.29 is 0 Å². The molecule has 0 aliphatic heterocycles. The molecular formula is C25H37N7. The van der Waals surface area contributed by atoms with Crippen molar-refractivity contribution in [2.75, 3.05) is 24.3 Å². The number of nitrogens with one attached hydrogen (secondary N) is 2. The molecule has 0 radical (unpaired) electrons. The van der Waals surface area contributed by atoms with Crippen LogP contribution in [0.15, 0.2) is 30.3 Å². The average Bonchev–Trinajstić information content (AvgIpc) is 3.13. The maximum Gasteiger partial charge on any atom is 0.225 e. The van der Waals surface area contributed by atoms with Crippen molar-refractivity contribution in [1.29, 1.82) is 0 Å². The zero-order valence-corrected chi connectivity index (χ0v) is 20.3. The van der Waals surface area contributed by atoms with E-state index in [0.717, 1.165) is 60.6 Å². The van der Waals surface area contributed by atoms with Crippen LogP contribution in [-0.2, 0) is 19.0 Å². The molecule has 7 nitrogen and oxygen atoms in total. The van der Waals surface area contributed by atoms with Crippen LogP contribution in [0.5, 0.6) is 0 Å². The summed E-state index contributed by atoms with van der Waals surface area (Å²) in [6, 6.07) is 11.4. The predicted molar refractivity (Wildman–Crippen MR) is 132 cm³/mol. The highest BCUT2D eigenvalue weighted by Crippen LogP contribution is 2.27. The lowest BCUT2D eigenvalue weighted by Gasteiger charge is -2.30. The number of rotatable bonds is 6. The molecular weight excluding hydrogens is 398 g/mol. The molecule has 1 aliphatic carbocycles. The zero-order valence-electron chi connectivity index (χ0n) is 20.3. The molecule has 3 aromatic rings. The summed E-state index contributed by atoms with van der Waals surface area (Å²) in [6.07, 6.45) is 4.53. The van der Waals surface area contributed by atoms with Crippen molar-refractivity contribution in [2.45, 2.75) is 70.5 Å². The lowest BCUT2D eigenvalue weighted by atomic mass is 9.91. The second kappa shape index (κ2) is 9.06. The summed E-state index contributed by atoms with van der Waals surface area (Å²) >= 11 is 0. The maximum absolute atomic E-state index is 4.80. The molecule has 0 amide bonds. The van der Waals surface area contributed by atoms with Crippen LogP contribution in [0.25, 0.3) is 10.9 Å². The quantitative estimate of drug-likeness (QED) is 0.603. The van der Waals surface area contributed by atoms with Crippen LogP contribution in [-0.4, -0.2) is 45.9 Å². The lowest BCUT2D eigenvalue weighted by Crippen LogP contribution is -2.37. The summed E-state index contributed by atoms with van der Waals surface area (Å²) in [4.78, 5) is 11.6. The minimum absolute atomic E-state index is 0.0804. The fraction of sp³-hybridized carbons (Fsp3) is 0.560. The first-order chi connectivity index (χ1) is 15.2. The summed E-state index contributed by atoms with van der Waals surface area (Å²) in [5.41, 5.74) is 3.46. The summed E-state index contributed by atoms with van der Waals surface area (Å²) in [5, 5.41) is 13.1. The van der Waals surface area contributed by atoms with Crippen LogP contribution in [0.2, 0.25) is 0 Å². The molecule has 1 fully saturated rings. The first-order valence-corrected chi connectivity index (χ1v) is 11.7. The second-order valence-corrected chi connectivity index (χ2v) is 10.3. The van der Waals surface area contributed by atoms with Gasteiger partial charge in [0.25, 0.3) is 0 Å². The Hall–Kier alpha value is -2.67. The molecule has 2 N–H and O–H groups in total. The molecule has 0 saturated heterocycles. The van der Waals surface area contributed by atoms with Gasteiger partial charge in [0.05, 0.1) is 16.9 Å². The van der Waals surface area contributed by atoms with Crippen molar-refractivity contribution in [3.8, 4) is 0 Å². The third-order valence-electron chi connectivity index (χ3n) is 6.38. The van der Waals surface area contributed by atoms with Gasteiger partial charge in [-0.25, -0.2) is 4.98 Å². The molecule has 0 bridgehead atoms. The van der Waals surface area contributed by atoms with E-state index in [-0.39, 0.29) is 5.41 Å². The zero-order chi connectivity index (χ0) is 22.9. The molecule has 1 aromatic carbocycles. The average molecular weight is 436 g/mol. The standard InChI is InChI=1S/C25H37N7/c1-25(2,3)22-15-19(32(6)30-22)16-26-17-11-13-18(14-12-17)27-24-28-21-10-8-7-9-20(21)23(29-24)31(4)5/h7-10,15,17-18,26H,11-14,16H2,1-6H3,(H,27,28,29)/t17-,18+. The fourth-order valence-electron chi connectivity index (χ4n) is 4.38. The van der Waals surface area contributed by atoms with Crippen LogP contribution in [0, 0.1) is 0 Å². The summed E-state index contributed by atoms with van der Waals surface area (Å²) < 4.78 is 2.01. The number of para-hydroxylation sites is 1. The van der Waals surface area contributed by atoms with Gasteiger partial charge in [-0.2, -0.15) is 10.1 Å². The third kappa shape index (κ3) is 5.04. The van der Waals surface area contributed by atoms with Crippen molar-refractivity contribution in [3.63, 3.8) is 0 Å². The molecule has 7 heteroatoms. The maximum atomic E-state index is 4.80. The van der Waals surface area contributed by atoms with E-state index in [2.05, 4.69) is 54.5 Å². The van der Waals surface area contributed by atoms with E-state index in [1.165, 1.54) is 5.69 Å². The van der Waals surface area contributed by atoms with Crippen LogP contribution in [0.3, 0.4) is 0 Å². The second-order valence-electron chi connectivity index (χ2n) is 10.3. The largest absolute Gasteiger partial charge is 0.362 e. The number of nitrogens with zero attached hydrogens (tertiary/aromatic N) is 5. The van der Waals surface area contributed by atoms with E-state index < -0.39 is 0 Å². The van der Waals surface area contributed by atoms with Gasteiger partial charge in [-0.15, -0.1) is 0 Å². The lowest BCUT2D eigenvalue weighted by molar-refractivity contribution is 0.349. The van der Waals surface area contributed by atoms with E-state index in [1.54, 1.807) is 0 Å². The van der Waals surface area contributed by atoms with Gasteiger partial charge >= 0.3 is 0 Å². The normalized spacial score (nSPS) is 19.3. The van der Waals surface area contributed by atoms with Crippen molar-refractivity contribution in [1.82, 2.24) is 25.1 Å². The van der Waals surface area contributed by atoms with Gasteiger partial charge in [0.2, 0.25) is 5.95 Å². The van der Waals surface area contributed by atoms with Crippen molar-refractivity contribution in [2.24, 2.45) is 7.05 Å². The minimum atomic E-state index is 0.0804. The number of fused-ring (bicyclic) bond motifs is 1. The van der Waals surface area contributed by atoms with Gasteiger partial charge in [-0.05, 0) is 43.9 Å². The topological polar surface area (TPSA) is 70.9 Å². The number of aryl methyl sites for hydroxylation is 1. The molecule has 2 aromatic heterocycles. The predicted octanol–water partition coefficient (Wildman–Crippen LogP) is 4.24. The first-order valence-electron chi connectivity index (χ1n) is 11.7. The van der Waals surface area contributed by atoms with Gasteiger partial charge in [0.1, 0.15) is 5.82 Å². The first kappa shape index (κ1) is 22.5. The summed E-state index contributed by atoms with van der Waals surface area (Å²) in [7, 11) is 6.10. The van der Waals surface area contributed by atoms with E-state index >= 15 is 0 Å². The Morgan fingerprint density at radius 3 is 2.38 bits per heavy atom.